The molecule has 0 saturated carbocycles. The molecule has 0 radical (unpaired) electrons. The summed E-state index contributed by atoms with van der Waals surface area (Å²) in [6.45, 7) is -0.279. The number of hydrogen-bond donors (Lipinski definition) is 1. The lowest BCUT2D eigenvalue weighted by Gasteiger charge is -2.07. The third kappa shape index (κ3) is 4.03. The highest BCUT2D eigenvalue weighted by molar-refractivity contribution is 9.10. The lowest BCUT2D eigenvalue weighted by molar-refractivity contribution is -0.118. The average molecular weight is 325 g/mol. The number of aromatic nitrogens is 1. The zero-order chi connectivity index (χ0) is 13.7. The molecule has 0 unspecified atom stereocenters. The van der Waals surface area contributed by atoms with Gasteiger partial charge in [0.15, 0.2) is 18.2 Å². The SMILES string of the molecule is O=C(COc1ccccc1F)Nc1ccc(Br)cn1. The number of halogens is 2. The van der Waals surface area contributed by atoms with Gasteiger partial charge in [-0.15, -0.1) is 0 Å². The maximum atomic E-state index is 13.2. The Morgan fingerprint density at radius 3 is 2.79 bits per heavy atom. The molecule has 0 atom stereocenters. The minimum atomic E-state index is -0.503. The van der Waals surface area contributed by atoms with E-state index in [2.05, 4.69) is 26.2 Å². The van der Waals surface area contributed by atoms with Crippen LogP contribution in [0.2, 0.25) is 0 Å². The van der Waals surface area contributed by atoms with E-state index in [1.165, 1.54) is 12.1 Å². The quantitative estimate of drug-likeness (QED) is 0.940. The van der Waals surface area contributed by atoms with Gasteiger partial charge in [-0.25, -0.2) is 9.37 Å². The first-order valence-corrected chi connectivity index (χ1v) is 6.23. The van der Waals surface area contributed by atoms with E-state index >= 15 is 0 Å². The highest BCUT2D eigenvalue weighted by Gasteiger charge is 2.07. The Hall–Kier alpha value is -1.95. The maximum Gasteiger partial charge on any atom is 0.263 e. The van der Waals surface area contributed by atoms with E-state index in [1.807, 2.05) is 0 Å². The van der Waals surface area contributed by atoms with Gasteiger partial charge in [-0.2, -0.15) is 0 Å². The van der Waals surface area contributed by atoms with Crippen LogP contribution in [0.3, 0.4) is 0 Å². The third-order valence-corrected chi connectivity index (χ3v) is 2.66. The molecule has 1 aromatic carbocycles. The summed E-state index contributed by atoms with van der Waals surface area (Å²) >= 11 is 3.24. The number of carbonyl (C=O) groups excluding carboxylic acids is 1. The summed E-state index contributed by atoms with van der Waals surface area (Å²) in [6, 6.07) is 9.30. The van der Waals surface area contributed by atoms with E-state index in [4.69, 9.17) is 4.74 Å². The molecule has 1 heterocycles. The largest absolute Gasteiger partial charge is 0.481 e. The second-order valence-electron chi connectivity index (χ2n) is 3.63. The molecule has 0 bridgehead atoms. The second kappa shape index (κ2) is 6.29. The van der Waals surface area contributed by atoms with Crippen LogP contribution in [-0.4, -0.2) is 17.5 Å². The van der Waals surface area contributed by atoms with Gasteiger partial charge in [-0.1, -0.05) is 12.1 Å². The van der Waals surface area contributed by atoms with Crippen molar-refractivity contribution < 1.29 is 13.9 Å². The summed E-state index contributed by atoms with van der Waals surface area (Å²) in [5.74, 6) is -0.457. The summed E-state index contributed by atoms with van der Waals surface area (Å²) < 4.78 is 19.1. The van der Waals surface area contributed by atoms with Crippen molar-refractivity contribution in [1.29, 1.82) is 0 Å². The van der Waals surface area contributed by atoms with E-state index < -0.39 is 11.7 Å². The standard InChI is InChI=1S/C13H10BrFN2O2/c14-9-5-6-12(16-7-9)17-13(18)8-19-11-4-2-1-3-10(11)15/h1-7H,8H2,(H,16,17,18). The Balaban J connectivity index is 1.88. The molecule has 1 aromatic heterocycles. The van der Waals surface area contributed by atoms with Crippen molar-refractivity contribution in [2.75, 3.05) is 11.9 Å². The molecule has 2 rings (SSSR count). The third-order valence-electron chi connectivity index (χ3n) is 2.19. The summed E-state index contributed by atoms with van der Waals surface area (Å²) in [4.78, 5) is 15.6. The second-order valence-corrected chi connectivity index (χ2v) is 4.54. The van der Waals surface area contributed by atoms with E-state index in [9.17, 15) is 9.18 Å². The Labute approximate surface area is 117 Å². The zero-order valence-electron chi connectivity index (χ0n) is 9.77. The number of para-hydroxylation sites is 1. The molecule has 1 N–H and O–H groups in total. The lowest BCUT2D eigenvalue weighted by atomic mass is 10.3. The monoisotopic (exact) mass is 324 g/mol. The molecule has 0 aliphatic carbocycles. The number of ether oxygens (including phenoxy) is 1. The van der Waals surface area contributed by atoms with Crippen molar-refractivity contribution in [1.82, 2.24) is 4.98 Å². The van der Waals surface area contributed by atoms with Gasteiger partial charge in [0.1, 0.15) is 5.82 Å². The van der Waals surface area contributed by atoms with Gasteiger partial charge in [0.2, 0.25) is 0 Å². The number of rotatable bonds is 4. The van der Waals surface area contributed by atoms with Crippen LogP contribution in [0.25, 0.3) is 0 Å². The van der Waals surface area contributed by atoms with Crippen LogP contribution in [0.5, 0.6) is 5.75 Å². The van der Waals surface area contributed by atoms with E-state index in [0.29, 0.717) is 5.82 Å². The van der Waals surface area contributed by atoms with E-state index in [1.54, 1.807) is 30.5 Å². The van der Waals surface area contributed by atoms with Crippen LogP contribution < -0.4 is 10.1 Å². The number of benzene rings is 1. The molecular weight excluding hydrogens is 315 g/mol. The summed E-state index contributed by atoms with van der Waals surface area (Å²) in [5, 5.41) is 2.54. The van der Waals surface area contributed by atoms with Gasteiger partial charge in [0, 0.05) is 10.7 Å². The van der Waals surface area contributed by atoms with Gasteiger partial charge in [-0.3, -0.25) is 4.79 Å². The van der Waals surface area contributed by atoms with Gasteiger partial charge in [0.05, 0.1) is 0 Å². The van der Waals surface area contributed by atoms with Crippen molar-refractivity contribution in [3.8, 4) is 5.75 Å². The predicted molar refractivity (Wildman–Crippen MR) is 72.5 cm³/mol. The fourth-order valence-electron chi connectivity index (χ4n) is 1.33. The predicted octanol–water partition coefficient (Wildman–Crippen LogP) is 3.00. The molecule has 19 heavy (non-hydrogen) atoms. The van der Waals surface area contributed by atoms with Crippen molar-refractivity contribution in [2.24, 2.45) is 0 Å². The van der Waals surface area contributed by atoms with Crippen LogP contribution in [0.1, 0.15) is 0 Å². The normalized spacial score (nSPS) is 10.0. The van der Waals surface area contributed by atoms with Crippen LogP contribution in [-0.2, 0) is 4.79 Å². The molecule has 2 aromatic rings. The highest BCUT2D eigenvalue weighted by atomic mass is 79.9. The van der Waals surface area contributed by atoms with E-state index in [0.717, 1.165) is 4.47 Å². The van der Waals surface area contributed by atoms with Crippen molar-refractivity contribution in [3.05, 3.63) is 52.9 Å². The van der Waals surface area contributed by atoms with Crippen molar-refractivity contribution in [3.63, 3.8) is 0 Å². The fraction of sp³-hybridized carbons (Fsp3) is 0.0769. The molecular formula is C13H10BrFN2O2. The molecule has 0 fully saturated rings. The molecule has 0 saturated heterocycles. The van der Waals surface area contributed by atoms with Gasteiger partial charge < -0.3 is 10.1 Å². The summed E-state index contributed by atoms with van der Waals surface area (Å²) in [5.41, 5.74) is 0. The van der Waals surface area contributed by atoms with Gasteiger partial charge in [0.25, 0.3) is 5.91 Å². The smallest absolute Gasteiger partial charge is 0.263 e. The summed E-state index contributed by atoms with van der Waals surface area (Å²) in [7, 11) is 0. The molecule has 1 amide bonds. The lowest BCUT2D eigenvalue weighted by Crippen LogP contribution is -2.21. The Morgan fingerprint density at radius 2 is 2.11 bits per heavy atom. The summed E-state index contributed by atoms with van der Waals surface area (Å²) in [6.07, 6.45) is 1.56. The van der Waals surface area contributed by atoms with Crippen LogP contribution in [0.15, 0.2) is 47.1 Å². The first-order chi connectivity index (χ1) is 9.15. The number of amides is 1. The average Bonchev–Trinajstić information content (AvgIpc) is 2.40. The number of nitrogens with one attached hydrogen (secondary N) is 1. The minimum absolute atomic E-state index is 0.0430. The first-order valence-electron chi connectivity index (χ1n) is 5.44. The molecule has 0 aliphatic rings. The Bertz CT molecular complexity index is 575. The number of nitrogens with zero attached hydrogens (tertiary/aromatic N) is 1. The molecule has 0 spiro atoms. The topological polar surface area (TPSA) is 51.2 Å². The molecule has 0 aliphatic heterocycles. The van der Waals surface area contributed by atoms with Crippen LogP contribution in [0, 0.1) is 5.82 Å². The fourth-order valence-corrected chi connectivity index (χ4v) is 1.57. The zero-order valence-corrected chi connectivity index (χ0v) is 11.4. The molecule has 4 nitrogen and oxygen atoms in total. The number of anilines is 1. The van der Waals surface area contributed by atoms with Gasteiger partial charge in [-0.05, 0) is 40.2 Å². The Kier molecular flexibility index (Phi) is 4.46. The van der Waals surface area contributed by atoms with Crippen LogP contribution >= 0.6 is 15.9 Å². The highest BCUT2D eigenvalue weighted by Crippen LogP contribution is 2.15. The van der Waals surface area contributed by atoms with Crippen LogP contribution in [0.4, 0.5) is 10.2 Å². The van der Waals surface area contributed by atoms with Crippen molar-refractivity contribution in [2.45, 2.75) is 0 Å². The van der Waals surface area contributed by atoms with Crippen molar-refractivity contribution >= 4 is 27.7 Å². The minimum Gasteiger partial charge on any atom is -0.481 e. The first kappa shape index (κ1) is 13.5. The molecule has 6 heteroatoms. The maximum absolute atomic E-state index is 13.2. The number of hydrogen-bond acceptors (Lipinski definition) is 3. The van der Waals surface area contributed by atoms with E-state index in [-0.39, 0.29) is 12.4 Å². The number of pyridine rings is 1. The number of carbonyl (C=O) groups is 1. The Morgan fingerprint density at radius 1 is 1.32 bits per heavy atom. The molecule has 98 valence electrons. The van der Waals surface area contributed by atoms with Gasteiger partial charge >= 0.3 is 0 Å².